The van der Waals surface area contributed by atoms with Crippen LogP contribution in [0.1, 0.15) is 13.8 Å². The molecule has 1 amide bonds. The quantitative estimate of drug-likeness (QED) is 0.425. The fourth-order valence-electron chi connectivity index (χ4n) is 3.11. The van der Waals surface area contributed by atoms with Crippen LogP contribution >= 0.6 is 0 Å². The van der Waals surface area contributed by atoms with E-state index in [9.17, 15) is 9.59 Å². The minimum absolute atomic E-state index is 0.177. The smallest absolute Gasteiger partial charge is 0.263 e. The average molecular weight is 418 g/mol. The van der Waals surface area contributed by atoms with E-state index in [1.54, 1.807) is 23.7 Å². The minimum atomic E-state index is -0.677. The highest BCUT2D eigenvalue weighted by Gasteiger charge is 2.18. The Kier molecular flexibility index (Phi) is 5.65. The van der Waals surface area contributed by atoms with Crippen molar-refractivity contribution in [1.29, 1.82) is 0 Å². The van der Waals surface area contributed by atoms with Gasteiger partial charge in [0.25, 0.3) is 5.56 Å². The highest BCUT2D eigenvalue weighted by molar-refractivity contribution is 5.97. The van der Waals surface area contributed by atoms with Crippen LogP contribution < -0.4 is 20.9 Å². The van der Waals surface area contributed by atoms with Gasteiger partial charge in [0.05, 0.1) is 24.2 Å². The Morgan fingerprint density at radius 3 is 2.68 bits per heavy atom. The molecule has 1 unspecified atom stereocenters. The summed E-state index contributed by atoms with van der Waals surface area (Å²) >= 11 is 0. The topological polar surface area (TPSA) is 114 Å². The SMILES string of the molecule is CCOc1ccccc1NC(=O)C(C)Nc1nc2c(cnn2-c2ccccc2)c(=O)[nH]1. The van der Waals surface area contributed by atoms with Crippen LogP contribution in [0.2, 0.25) is 0 Å². The van der Waals surface area contributed by atoms with E-state index in [0.29, 0.717) is 29.1 Å². The number of H-pyrrole nitrogens is 1. The molecule has 0 spiro atoms. The zero-order chi connectivity index (χ0) is 21.8. The zero-order valence-electron chi connectivity index (χ0n) is 17.1. The number of ether oxygens (including phenoxy) is 1. The second-order valence-corrected chi connectivity index (χ2v) is 6.83. The summed E-state index contributed by atoms with van der Waals surface area (Å²) in [4.78, 5) is 32.3. The van der Waals surface area contributed by atoms with Crippen molar-refractivity contribution in [2.75, 3.05) is 17.2 Å². The molecule has 2 aromatic heterocycles. The van der Waals surface area contributed by atoms with Crippen molar-refractivity contribution in [3.8, 4) is 11.4 Å². The zero-order valence-corrected chi connectivity index (χ0v) is 17.1. The van der Waals surface area contributed by atoms with Crippen molar-refractivity contribution >= 4 is 28.6 Å². The lowest BCUT2D eigenvalue weighted by molar-refractivity contribution is -0.116. The van der Waals surface area contributed by atoms with Gasteiger partial charge in [-0.2, -0.15) is 10.1 Å². The molecule has 0 aliphatic rings. The van der Waals surface area contributed by atoms with Crippen LogP contribution in [-0.2, 0) is 4.79 Å². The lowest BCUT2D eigenvalue weighted by Gasteiger charge is -2.16. The number of nitrogens with zero attached hydrogens (tertiary/aromatic N) is 3. The summed E-state index contributed by atoms with van der Waals surface area (Å²) in [6.45, 7) is 4.04. The van der Waals surface area contributed by atoms with Crippen molar-refractivity contribution in [2.45, 2.75) is 19.9 Å². The van der Waals surface area contributed by atoms with E-state index >= 15 is 0 Å². The second-order valence-electron chi connectivity index (χ2n) is 6.83. The van der Waals surface area contributed by atoms with Crippen LogP contribution in [-0.4, -0.2) is 38.3 Å². The maximum Gasteiger partial charge on any atom is 0.263 e. The Morgan fingerprint density at radius 1 is 1.16 bits per heavy atom. The molecule has 9 heteroatoms. The molecular weight excluding hydrogens is 396 g/mol. The summed E-state index contributed by atoms with van der Waals surface area (Å²) in [5.74, 6) is 0.465. The molecule has 1 atom stereocenters. The van der Waals surface area contributed by atoms with Gasteiger partial charge in [-0.3, -0.25) is 14.6 Å². The molecule has 0 aliphatic carbocycles. The Morgan fingerprint density at radius 2 is 1.90 bits per heavy atom. The predicted octanol–water partition coefficient (Wildman–Crippen LogP) is 2.95. The Labute approximate surface area is 178 Å². The van der Waals surface area contributed by atoms with Crippen LogP contribution in [0.25, 0.3) is 16.7 Å². The van der Waals surface area contributed by atoms with Gasteiger partial charge in [-0.1, -0.05) is 30.3 Å². The van der Waals surface area contributed by atoms with E-state index in [-0.39, 0.29) is 17.4 Å². The second kappa shape index (κ2) is 8.70. The molecule has 0 bridgehead atoms. The van der Waals surface area contributed by atoms with E-state index in [2.05, 4.69) is 25.7 Å². The van der Waals surface area contributed by atoms with E-state index < -0.39 is 6.04 Å². The van der Waals surface area contributed by atoms with E-state index in [1.165, 1.54) is 6.20 Å². The molecule has 4 rings (SSSR count). The highest BCUT2D eigenvalue weighted by Crippen LogP contribution is 2.24. The van der Waals surface area contributed by atoms with Gasteiger partial charge in [0.2, 0.25) is 11.9 Å². The van der Waals surface area contributed by atoms with Gasteiger partial charge in [-0.05, 0) is 38.1 Å². The van der Waals surface area contributed by atoms with Gasteiger partial charge in [-0.15, -0.1) is 0 Å². The van der Waals surface area contributed by atoms with Crippen LogP contribution in [0.4, 0.5) is 11.6 Å². The maximum atomic E-state index is 12.7. The molecule has 3 N–H and O–H groups in total. The molecule has 31 heavy (non-hydrogen) atoms. The predicted molar refractivity (Wildman–Crippen MR) is 119 cm³/mol. The molecule has 0 fully saturated rings. The van der Waals surface area contributed by atoms with Crippen molar-refractivity contribution in [3.63, 3.8) is 0 Å². The number of nitrogens with one attached hydrogen (secondary N) is 3. The molecular formula is C22H22N6O3. The van der Waals surface area contributed by atoms with Crippen LogP contribution in [0.15, 0.2) is 65.6 Å². The molecule has 0 saturated heterocycles. The Bertz CT molecular complexity index is 1270. The molecule has 0 aliphatic heterocycles. The van der Waals surface area contributed by atoms with Crippen LogP contribution in [0, 0.1) is 0 Å². The molecule has 0 radical (unpaired) electrons. The van der Waals surface area contributed by atoms with E-state index in [4.69, 9.17) is 4.74 Å². The van der Waals surface area contributed by atoms with Crippen LogP contribution in [0.5, 0.6) is 5.75 Å². The number of fused-ring (bicyclic) bond motifs is 1. The summed E-state index contributed by atoms with van der Waals surface area (Å²) in [5.41, 5.74) is 1.40. The van der Waals surface area contributed by atoms with Crippen molar-refractivity contribution in [3.05, 3.63) is 71.1 Å². The maximum absolute atomic E-state index is 12.7. The summed E-state index contributed by atoms with van der Waals surface area (Å²) < 4.78 is 7.12. The summed E-state index contributed by atoms with van der Waals surface area (Å²) in [6, 6.07) is 15.9. The summed E-state index contributed by atoms with van der Waals surface area (Å²) in [5, 5.41) is 10.4. The number of para-hydroxylation sites is 3. The van der Waals surface area contributed by atoms with Gasteiger partial charge in [0.1, 0.15) is 17.2 Å². The molecule has 158 valence electrons. The van der Waals surface area contributed by atoms with Crippen molar-refractivity contribution in [1.82, 2.24) is 19.7 Å². The van der Waals surface area contributed by atoms with E-state index in [1.807, 2.05) is 49.4 Å². The number of amides is 1. The first kappa shape index (κ1) is 20.1. The number of carbonyl (C=O) groups excluding carboxylic acids is 1. The number of hydrogen-bond acceptors (Lipinski definition) is 6. The molecule has 4 aromatic rings. The first-order valence-electron chi connectivity index (χ1n) is 9.89. The van der Waals surface area contributed by atoms with Crippen LogP contribution in [0.3, 0.4) is 0 Å². The number of anilines is 2. The lowest BCUT2D eigenvalue weighted by Crippen LogP contribution is -2.33. The molecule has 2 aromatic carbocycles. The van der Waals surface area contributed by atoms with Crippen molar-refractivity contribution in [2.24, 2.45) is 0 Å². The molecule has 9 nitrogen and oxygen atoms in total. The normalized spacial score (nSPS) is 11.8. The fraction of sp³-hybridized carbons (Fsp3) is 0.182. The largest absolute Gasteiger partial charge is 0.492 e. The summed E-state index contributed by atoms with van der Waals surface area (Å²) in [7, 11) is 0. The molecule has 2 heterocycles. The number of hydrogen-bond donors (Lipinski definition) is 3. The number of rotatable bonds is 7. The number of aromatic amines is 1. The number of benzene rings is 2. The number of aromatic nitrogens is 4. The lowest BCUT2D eigenvalue weighted by atomic mass is 10.2. The average Bonchev–Trinajstić information content (AvgIpc) is 3.20. The summed E-state index contributed by atoms with van der Waals surface area (Å²) in [6.07, 6.45) is 1.47. The minimum Gasteiger partial charge on any atom is -0.492 e. The fourth-order valence-corrected chi connectivity index (χ4v) is 3.11. The third-order valence-corrected chi connectivity index (χ3v) is 4.63. The van der Waals surface area contributed by atoms with Gasteiger partial charge in [0, 0.05) is 0 Å². The first-order valence-corrected chi connectivity index (χ1v) is 9.89. The van der Waals surface area contributed by atoms with E-state index in [0.717, 1.165) is 5.69 Å². The van der Waals surface area contributed by atoms with Gasteiger partial charge in [-0.25, -0.2) is 4.68 Å². The monoisotopic (exact) mass is 418 g/mol. The first-order chi connectivity index (χ1) is 15.1. The third-order valence-electron chi connectivity index (χ3n) is 4.63. The van der Waals surface area contributed by atoms with Gasteiger partial charge in [0.15, 0.2) is 5.65 Å². The third kappa shape index (κ3) is 4.25. The standard InChI is InChI=1S/C22H22N6O3/c1-3-31-18-12-8-7-11-17(18)25-20(29)14(2)24-22-26-19-16(21(30)27-22)13-23-28(19)15-9-5-4-6-10-15/h4-14H,3H2,1-2H3,(H,25,29)(H2,24,26,27,30). The number of carbonyl (C=O) groups is 1. The van der Waals surface area contributed by atoms with Crippen molar-refractivity contribution < 1.29 is 9.53 Å². The van der Waals surface area contributed by atoms with Gasteiger partial charge >= 0.3 is 0 Å². The Hall–Kier alpha value is -4.14. The van der Waals surface area contributed by atoms with Gasteiger partial charge < -0.3 is 15.4 Å². The molecule has 0 saturated carbocycles. The highest BCUT2D eigenvalue weighted by atomic mass is 16.5. The Balaban J connectivity index is 1.57.